The first kappa shape index (κ1) is 19.5. The Balaban J connectivity index is 2.66. The molecule has 0 aliphatic carbocycles. The summed E-state index contributed by atoms with van der Waals surface area (Å²) >= 11 is 5.85. The number of carbonyl (C=O) groups excluding carboxylic acids is 2. The monoisotopic (exact) mass is 341 g/mol. The van der Waals surface area contributed by atoms with Crippen LogP contribution < -0.4 is 0 Å². The zero-order chi connectivity index (χ0) is 17.1. The van der Waals surface area contributed by atoms with Gasteiger partial charge < -0.3 is 14.4 Å². The summed E-state index contributed by atoms with van der Waals surface area (Å²) in [7, 11) is 0. The van der Waals surface area contributed by atoms with Gasteiger partial charge in [-0.1, -0.05) is 11.6 Å². The van der Waals surface area contributed by atoms with Crippen LogP contribution in [0.2, 0.25) is 5.02 Å². The lowest BCUT2D eigenvalue weighted by molar-refractivity contribution is -0.143. The molecule has 6 heteroatoms. The van der Waals surface area contributed by atoms with E-state index in [1.54, 1.807) is 36.1 Å². The second-order valence-corrected chi connectivity index (χ2v) is 5.34. The molecule has 1 rings (SSSR count). The van der Waals surface area contributed by atoms with Crippen molar-refractivity contribution in [2.45, 2.75) is 26.7 Å². The van der Waals surface area contributed by atoms with Crippen LogP contribution in [-0.2, 0) is 14.3 Å². The first-order chi connectivity index (χ1) is 11.1. The Bertz CT molecular complexity index is 490. The van der Waals surface area contributed by atoms with E-state index in [4.69, 9.17) is 21.1 Å². The third-order valence-corrected chi connectivity index (χ3v) is 3.44. The first-order valence-corrected chi connectivity index (χ1v) is 8.24. The van der Waals surface area contributed by atoms with Crippen LogP contribution in [0.15, 0.2) is 24.3 Å². The Labute approximate surface area is 142 Å². The third kappa shape index (κ3) is 7.48. The lowest BCUT2D eigenvalue weighted by atomic mass is 10.2. The van der Waals surface area contributed by atoms with E-state index in [1.165, 1.54) is 0 Å². The molecule has 0 aliphatic rings. The summed E-state index contributed by atoms with van der Waals surface area (Å²) in [5.74, 6) is -0.423. The van der Waals surface area contributed by atoms with Gasteiger partial charge in [0.15, 0.2) is 0 Å². The van der Waals surface area contributed by atoms with Crippen molar-refractivity contribution < 1.29 is 19.1 Å². The molecule has 0 unspecified atom stereocenters. The second kappa shape index (κ2) is 11.0. The van der Waals surface area contributed by atoms with Gasteiger partial charge >= 0.3 is 5.97 Å². The van der Waals surface area contributed by atoms with E-state index in [1.807, 2.05) is 6.92 Å². The lowest BCUT2D eigenvalue weighted by Crippen LogP contribution is -2.34. The maximum absolute atomic E-state index is 12.6. The Morgan fingerprint density at radius 2 is 1.78 bits per heavy atom. The Morgan fingerprint density at radius 3 is 2.39 bits per heavy atom. The molecule has 0 heterocycles. The Morgan fingerprint density at radius 1 is 1.09 bits per heavy atom. The van der Waals surface area contributed by atoms with Crippen LogP contribution in [0.5, 0.6) is 0 Å². The van der Waals surface area contributed by atoms with Crippen molar-refractivity contribution in [3.8, 4) is 0 Å². The molecule has 5 nitrogen and oxygen atoms in total. The molecule has 0 saturated heterocycles. The minimum Gasteiger partial charge on any atom is -0.466 e. The number of ether oxygens (including phenoxy) is 2. The van der Waals surface area contributed by atoms with Crippen LogP contribution in [0.4, 0.5) is 0 Å². The molecule has 0 fully saturated rings. The Hall–Kier alpha value is -1.59. The highest BCUT2D eigenvalue weighted by molar-refractivity contribution is 6.30. The first-order valence-electron chi connectivity index (χ1n) is 7.86. The van der Waals surface area contributed by atoms with Crippen molar-refractivity contribution in [1.82, 2.24) is 4.90 Å². The van der Waals surface area contributed by atoms with E-state index in [0.29, 0.717) is 43.5 Å². The van der Waals surface area contributed by atoms with Gasteiger partial charge in [0.05, 0.1) is 13.0 Å². The standard InChI is InChI=1S/C17H24ClNO4/c1-3-22-13-5-11-19(12-10-16(20)23-4-2)17(21)14-6-8-15(18)9-7-14/h6-9H,3-5,10-13H2,1-2H3. The molecule has 128 valence electrons. The smallest absolute Gasteiger partial charge is 0.307 e. The molecular weight excluding hydrogens is 318 g/mol. The van der Waals surface area contributed by atoms with Gasteiger partial charge in [-0.15, -0.1) is 0 Å². The molecule has 0 radical (unpaired) electrons. The van der Waals surface area contributed by atoms with Crippen LogP contribution in [-0.4, -0.2) is 49.7 Å². The largest absolute Gasteiger partial charge is 0.466 e. The highest BCUT2D eigenvalue weighted by atomic mass is 35.5. The topological polar surface area (TPSA) is 55.8 Å². The predicted molar refractivity (Wildman–Crippen MR) is 89.7 cm³/mol. The van der Waals surface area contributed by atoms with Crippen LogP contribution in [0, 0.1) is 0 Å². The summed E-state index contributed by atoms with van der Waals surface area (Å²) in [6, 6.07) is 6.73. The summed E-state index contributed by atoms with van der Waals surface area (Å²) in [4.78, 5) is 25.8. The number of halogens is 1. The highest BCUT2D eigenvalue weighted by Gasteiger charge is 2.17. The van der Waals surface area contributed by atoms with E-state index in [-0.39, 0.29) is 18.3 Å². The predicted octanol–water partition coefficient (Wildman–Crippen LogP) is 3.16. The molecular formula is C17H24ClNO4. The molecule has 0 atom stereocenters. The van der Waals surface area contributed by atoms with Gasteiger partial charge in [0.1, 0.15) is 0 Å². The van der Waals surface area contributed by atoms with E-state index in [2.05, 4.69) is 0 Å². The van der Waals surface area contributed by atoms with E-state index >= 15 is 0 Å². The number of hydrogen-bond acceptors (Lipinski definition) is 4. The van der Waals surface area contributed by atoms with Crippen molar-refractivity contribution in [3.63, 3.8) is 0 Å². The van der Waals surface area contributed by atoms with Gasteiger partial charge in [0.25, 0.3) is 5.91 Å². The average Bonchev–Trinajstić information content (AvgIpc) is 2.54. The summed E-state index contributed by atoms with van der Waals surface area (Å²) in [6.45, 7) is 6.11. The highest BCUT2D eigenvalue weighted by Crippen LogP contribution is 2.12. The van der Waals surface area contributed by atoms with E-state index < -0.39 is 0 Å². The average molecular weight is 342 g/mol. The minimum atomic E-state index is -0.300. The number of esters is 1. The van der Waals surface area contributed by atoms with Gasteiger partial charge in [-0.3, -0.25) is 9.59 Å². The fraction of sp³-hybridized carbons (Fsp3) is 0.529. The molecule has 0 saturated carbocycles. The maximum Gasteiger partial charge on any atom is 0.307 e. The number of hydrogen-bond donors (Lipinski definition) is 0. The lowest BCUT2D eigenvalue weighted by Gasteiger charge is -2.22. The fourth-order valence-electron chi connectivity index (χ4n) is 2.05. The third-order valence-electron chi connectivity index (χ3n) is 3.19. The van der Waals surface area contributed by atoms with Crippen LogP contribution in [0.3, 0.4) is 0 Å². The summed E-state index contributed by atoms with van der Waals surface area (Å²) in [6.07, 6.45) is 0.901. The van der Waals surface area contributed by atoms with Gasteiger partial charge in [0.2, 0.25) is 0 Å². The van der Waals surface area contributed by atoms with E-state index in [9.17, 15) is 9.59 Å². The molecule has 1 amide bonds. The zero-order valence-corrected chi connectivity index (χ0v) is 14.5. The maximum atomic E-state index is 12.6. The number of amides is 1. The van der Waals surface area contributed by atoms with Gasteiger partial charge in [-0.25, -0.2) is 0 Å². The van der Waals surface area contributed by atoms with Gasteiger partial charge in [-0.2, -0.15) is 0 Å². The quantitative estimate of drug-likeness (QED) is 0.484. The number of nitrogens with zero attached hydrogens (tertiary/aromatic N) is 1. The molecule has 1 aromatic rings. The SMILES string of the molecule is CCOCCCN(CCC(=O)OCC)C(=O)c1ccc(Cl)cc1. The number of carbonyl (C=O) groups is 2. The molecule has 0 bridgehead atoms. The molecule has 0 spiro atoms. The Kier molecular flexibility index (Phi) is 9.33. The zero-order valence-electron chi connectivity index (χ0n) is 13.7. The van der Waals surface area contributed by atoms with E-state index in [0.717, 1.165) is 6.42 Å². The van der Waals surface area contributed by atoms with Crippen LogP contribution >= 0.6 is 11.6 Å². The second-order valence-electron chi connectivity index (χ2n) is 4.90. The number of benzene rings is 1. The van der Waals surface area contributed by atoms with Gasteiger partial charge in [-0.05, 0) is 44.5 Å². The summed E-state index contributed by atoms with van der Waals surface area (Å²) in [5, 5.41) is 0.580. The fourth-order valence-corrected chi connectivity index (χ4v) is 2.18. The van der Waals surface area contributed by atoms with Crippen molar-refractivity contribution in [3.05, 3.63) is 34.9 Å². The van der Waals surface area contributed by atoms with Crippen LogP contribution in [0.1, 0.15) is 37.0 Å². The minimum absolute atomic E-state index is 0.123. The molecule has 0 aromatic heterocycles. The molecule has 23 heavy (non-hydrogen) atoms. The van der Waals surface area contributed by atoms with Crippen LogP contribution in [0.25, 0.3) is 0 Å². The summed E-state index contributed by atoms with van der Waals surface area (Å²) < 4.78 is 10.2. The van der Waals surface area contributed by atoms with Crippen molar-refractivity contribution >= 4 is 23.5 Å². The van der Waals surface area contributed by atoms with Crippen molar-refractivity contribution in [2.75, 3.05) is 32.9 Å². The summed E-state index contributed by atoms with van der Waals surface area (Å²) in [5.41, 5.74) is 0.551. The normalized spacial score (nSPS) is 10.4. The van der Waals surface area contributed by atoms with Crippen molar-refractivity contribution in [1.29, 1.82) is 0 Å². The number of rotatable bonds is 10. The molecule has 1 aromatic carbocycles. The van der Waals surface area contributed by atoms with Crippen molar-refractivity contribution in [2.24, 2.45) is 0 Å². The molecule has 0 aliphatic heterocycles. The molecule has 0 N–H and O–H groups in total. The van der Waals surface area contributed by atoms with Gasteiger partial charge in [0, 0.05) is 36.9 Å².